The normalized spacial score (nSPS) is 15.1. The molecule has 0 spiro atoms. The van der Waals surface area contributed by atoms with Gasteiger partial charge in [0.25, 0.3) is 0 Å². The first-order chi connectivity index (χ1) is 11.9. The molecule has 1 aromatic carbocycles. The number of aromatic nitrogens is 4. The molecule has 2 heterocycles. The lowest BCUT2D eigenvalue weighted by Crippen LogP contribution is -2.42. The molecule has 25 heavy (non-hydrogen) atoms. The summed E-state index contributed by atoms with van der Waals surface area (Å²) in [6.45, 7) is 3.30. The summed E-state index contributed by atoms with van der Waals surface area (Å²) in [6.07, 6.45) is 2.38. The van der Waals surface area contributed by atoms with Crippen molar-refractivity contribution in [1.82, 2.24) is 20.2 Å². The van der Waals surface area contributed by atoms with Gasteiger partial charge in [-0.3, -0.25) is 0 Å². The van der Waals surface area contributed by atoms with E-state index in [0.29, 0.717) is 16.5 Å². The SMILES string of the molecule is CC(OCc1cc(-c2ccc(Cl)cc2F)no1)C(C)(O)n1ccnn1. The third-order valence-corrected chi connectivity index (χ3v) is 4.13. The van der Waals surface area contributed by atoms with Crippen LogP contribution in [0.3, 0.4) is 0 Å². The maximum atomic E-state index is 13.9. The molecule has 0 saturated heterocycles. The Hall–Kier alpha value is -2.29. The van der Waals surface area contributed by atoms with Gasteiger partial charge in [-0.1, -0.05) is 22.0 Å². The van der Waals surface area contributed by atoms with E-state index >= 15 is 0 Å². The lowest BCUT2D eigenvalue weighted by Gasteiger charge is -2.29. The highest BCUT2D eigenvalue weighted by molar-refractivity contribution is 6.30. The molecular weight excluding hydrogens is 351 g/mol. The second kappa shape index (κ2) is 6.91. The third kappa shape index (κ3) is 3.71. The van der Waals surface area contributed by atoms with E-state index in [9.17, 15) is 9.50 Å². The molecule has 2 aromatic heterocycles. The lowest BCUT2D eigenvalue weighted by molar-refractivity contribution is -0.154. The van der Waals surface area contributed by atoms with Gasteiger partial charge in [0, 0.05) is 22.8 Å². The maximum absolute atomic E-state index is 13.9. The van der Waals surface area contributed by atoms with Crippen molar-refractivity contribution < 1.29 is 18.8 Å². The Kier molecular flexibility index (Phi) is 4.85. The van der Waals surface area contributed by atoms with Gasteiger partial charge in [-0.2, -0.15) is 0 Å². The molecule has 0 aliphatic carbocycles. The van der Waals surface area contributed by atoms with E-state index in [0.717, 1.165) is 0 Å². The number of aliphatic hydroxyl groups is 1. The molecule has 0 aliphatic rings. The van der Waals surface area contributed by atoms with Gasteiger partial charge in [0.1, 0.15) is 24.2 Å². The number of nitrogens with zero attached hydrogens (tertiary/aromatic N) is 4. The average Bonchev–Trinajstić information content (AvgIpc) is 3.24. The molecule has 2 unspecified atom stereocenters. The van der Waals surface area contributed by atoms with Gasteiger partial charge in [-0.15, -0.1) is 5.10 Å². The van der Waals surface area contributed by atoms with E-state index < -0.39 is 17.6 Å². The zero-order valence-corrected chi connectivity index (χ0v) is 14.3. The summed E-state index contributed by atoms with van der Waals surface area (Å²) in [5.41, 5.74) is -0.771. The van der Waals surface area contributed by atoms with Gasteiger partial charge in [0.2, 0.25) is 0 Å². The van der Waals surface area contributed by atoms with Crippen molar-refractivity contribution in [3.05, 3.63) is 53.3 Å². The summed E-state index contributed by atoms with van der Waals surface area (Å²) in [5, 5.41) is 22.1. The molecule has 0 bridgehead atoms. The van der Waals surface area contributed by atoms with Crippen molar-refractivity contribution in [1.29, 1.82) is 0 Å². The summed E-state index contributed by atoms with van der Waals surface area (Å²) in [4.78, 5) is 0. The standard InChI is InChI=1S/C16H16ClFN4O3/c1-10(16(2,23)22-6-5-19-21-22)24-9-12-8-15(20-25-12)13-4-3-11(17)7-14(13)18/h3-8,10,23H,9H2,1-2H3. The van der Waals surface area contributed by atoms with Crippen LogP contribution in [0.4, 0.5) is 4.39 Å². The first-order valence-electron chi connectivity index (χ1n) is 7.49. The molecule has 0 aliphatic heterocycles. The average molecular weight is 367 g/mol. The Bertz CT molecular complexity index is 851. The van der Waals surface area contributed by atoms with Gasteiger partial charge in [-0.05, 0) is 32.0 Å². The van der Waals surface area contributed by atoms with Gasteiger partial charge in [0.05, 0.1) is 6.20 Å². The molecule has 2 atom stereocenters. The summed E-state index contributed by atoms with van der Waals surface area (Å²) < 4.78 is 26.0. The molecule has 0 amide bonds. The summed E-state index contributed by atoms with van der Waals surface area (Å²) in [6, 6.07) is 5.88. The molecule has 7 nitrogen and oxygen atoms in total. The Morgan fingerprint density at radius 1 is 1.44 bits per heavy atom. The van der Waals surface area contributed by atoms with Crippen LogP contribution in [0.25, 0.3) is 11.3 Å². The van der Waals surface area contributed by atoms with Crippen LogP contribution in [-0.4, -0.2) is 31.4 Å². The predicted molar refractivity (Wildman–Crippen MR) is 87.0 cm³/mol. The number of ether oxygens (including phenoxy) is 1. The highest BCUT2D eigenvalue weighted by atomic mass is 35.5. The van der Waals surface area contributed by atoms with E-state index in [1.54, 1.807) is 26.0 Å². The fourth-order valence-electron chi connectivity index (χ4n) is 2.21. The molecule has 132 valence electrons. The molecule has 0 radical (unpaired) electrons. The second-order valence-electron chi connectivity index (χ2n) is 5.70. The molecule has 1 N–H and O–H groups in total. The first kappa shape index (κ1) is 17.5. The van der Waals surface area contributed by atoms with Crippen LogP contribution < -0.4 is 0 Å². The van der Waals surface area contributed by atoms with E-state index in [-0.39, 0.29) is 12.2 Å². The van der Waals surface area contributed by atoms with Crippen LogP contribution in [0, 0.1) is 5.82 Å². The molecule has 0 fully saturated rings. The summed E-state index contributed by atoms with van der Waals surface area (Å²) in [5.74, 6) is -0.0960. The van der Waals surface area contributed by atoms with Gasteiger partial charge in [-0.25, -0.2) is 9.07 Å². The van der Waals surface area contributed by atoms with Crippen LogP contribution in [-0.2, 0) is 17.1 Å². The van der Waals surface area contributed by atoms with Crippen molar-refractivity contribution in [3.8, 4) is 11.3 Å². The largest absolute Gasteiger partial charge is 0.367 e. The zero-order chi connectivity index (χ0) is 18.0. The highest BCUT2D eigenvalue weighted by Gasteiger charge is 2.32. The van der Waals surface area contributed by atoms with Crippen molar-refractivity contribution >= 4 is 11.6 Å². The summed E-state index contributed by atoms with van der Waals surface area (Å²) in [7, 11) is 0. The van der Waals surface area contributed by atoms with Crippen LogP contribution in [0.1, 0.15) is 19.6 Å². The minimum absolute atomic E-state index is 0.0498. The van der Waals surface area contributed by atoms with E-state index in [4.69, 9.17) is 20.9 Å². The fourth-order valence-corrected chi connectivity index (χ4v) is 2.36. The number of halogens is 2. The molecular formula is C16H16ClFN4O3. The Morgan fingerprint density at radius 2 is 2.24 bits per heavy atom. The minimum Gasteiger partial charge on any atom is -0.367 e. The molecule has 3 aromatic rings. The Labute approximate surface area is 148 Å². The van der Waals surface area contributed by atoms with Crippen molar-refractivity contribution in [3.63, 3.8) is 0 Å². The monoisotopic (exact) mass is 366 g/mol. The predicted octanol–water partition coefficient (Wildman–Crippen LogP) is 3.00. The number of benzene rings is 1. The number of rotatable bonds is 6. The van der Waals surface area contributed by atoms with Crippen molar-refractivity contribution in [2.24, 2.45) is 0 Å². The number of hydrogen-bond donors (Lipinski definition) is 1. The Balaban J connectivity index is 1.68. The minimum atomic E-state index is -1.39. The molecule has 9 heteroatoms. The van der Waals surface area contributed by atoms with Gasteiger partial charge < -0.3 is 14.4 Å². The smallest absolute Gasteiger partial charge is 0.182 e. The topological polar surface area (TPSA) is 86.2 Å². The maximum Gasteiger partial charge on any atom is 0.182 e. The molecule has 3 rings (SSSR count). The Morgan fingerprint density at radius 3 is 2.92 bits per heavy atom. The number of hydrogen-bond acceptors (Lipinski definition) is 6. The van der Waals surface area contributed by atoms with Crippen molar-refractivity contribution in [2.75, 3.05) is 0 Å². The van der Waals surface area contributed by atoms with Crippen LogP contribution >= 0.6 is 11.6 Å². The van der Waals surface area contributed by atoms with Gasteiger partial charge in [0.15, 0.2) is 11.5 Å². The van der Waals surface area contributed by atoms with Crippen LogP contribution in [0.5, 0.6) is 0 Å². The molecule has 0 saturated carbocycles. The first-order valence-corrected chi connectivity index (χ1v) is 7.87. The van der Waals surface area contributed by atoms with E-state index in [1.165, 1.54) is 29.2 Å². The summed E-state index contributed by atoms with van der Waals surface area (Å²) >= 11 is 5.74. The van der Waals surface area contributed by atoms with E-state index in [2.05, 4.69) is 15.5 Å². The lowest BCUT2D eigenvalue weighted by atomic mass is 10.1. The zero-order valence-electron chi connectivity index (χ0n) is 13.6. The van der Waals surface area contributed by atoms with Gasteiger partial charge >= 0.3 is 0 Å². The van der Waals surface area contributed by atoms with Crippen LogP contribution in [0.2, 0.25) is 5.02 Å². The second-order valence-corrected chi connectivity index (χ2v) is 6.13. The van der Waals surface area contributed by atoms with Crippen molar-refractivity contribution in [2.45, 2.75) is 32.3 Å². The fraction of sp³-hybridized carbons (Fsp3) is 0.312. The van der Waals surface area contributed by atoms with Crippen LogP contribution in [0.15, 0.2) is 41.2 Å². The van der Waals surface area contributed by atoms with E-state index in [1.807, 2.05) is 0 Å². The quantitative estimate of drug-likeness (QED) is 0.721. The third-order valence-electron chi connectivity index (χ3n) is 3.90. The highest BCUT2D eigenvalue weighted by Crippen LogP contribution is 2.26.